The monoisotopic (exact) mass is 529 g/mol. The largest absolute Gasteiger partial charge is 0.376 e. The molecule has 0 saturated carbocycles. The standard InChI is InChI=1S/C26H29Cl2N5O3/c1-15-24-16(10-17(27)11-22(24)28)6-8-33(15)23(34)14-30-18-4-5-19-20(12-18)21(13-31-25(19)35)26(36)29-7-9-32(2)3/h4-5,10-13,15,30H,6-9,14H2,1-3H3,(H,29,36)(H,31,35). The van der Waals surface area contributed by atoms with Gasteiger partial charge in [-0.05, 0) is 68.9 Å². The number of nitrogens with one attached hydrogen (secondary N) is 3. The highest BCUT2D eigenvalue weighted by Gasteiger charge is 2.29. The summed E-state index contributed by atoms with van der Waals surface area (Å²) >= 11 is 12.6. The summed E-state index contributed by atoms with van der Waals surface area (Å²) in [6, 6.07) is 8.54. The lowest BCUT2D eigenvalue weighted by Gasteiger charge is -2.36. The Morgan fingerprint density at radius 2 is 1.94 bits per heavy atom. The van der Waals surface area contributed by atoms with Crippen LogP contribution in [0.4, 0.5) is 5.69 Å². The number of likely N-dealkylation sites (N-methyl/N-ethyl adjacent to an activating group) is 1. The fourth-order valence-electron chi connectivity index (χ4n) is 4.57. The van der Waals surface area contributed by atoms with Crippen LogP contribution in [0, 0.1) is 0 Å². The molecule has 1 atom stereocenters. The molecule has 0 aliphatic carbocycles. The predicted molar refractivity (Wildman–Crippen MR) is 144 cm³/mol. The summed E-state index contributed by atoms with van der Waals surface area (Å²) in [5, 5.41) is 8.10. The third-order valence-electron chi connectivity index (χ3n) is 6.44. The van der Waals surface area contributed by atoms with Crippen molar-refractivity contribution in [2.75, 3.05) is 45.6 Å². The number of rotatable bonds is 7. The van der Waals surface area contributed by atoms with Crippen molar-refractivity contribution < 1.29 is 9.59 Å². The van der Waals surface area contributed by atoms with Crippen LogP contribution in [-0.4, -0.2) is 66.9 Å². The normalized spacial score (nSPS) is 15.2. The van der Waals surface area contributed by atoms with E-state index in [1.165, 1.54) is 6.20 Å². The second-order valence-electron chi connectivity index (χ2n) is 9.18. The quantitative estimate of drug-likeness (QED) is 0.433. The third-order valence-corrected chi connectivity index (χ3v) is 6.97. The van der Waals surface area contributed by atoms with Crippen LogP contribution in [0.5, 0.6) is 0 Å². The highest BCUT2D eigenvalue weighted by atomic mass is 35.5. The van der Waals surface area contributed by atoms with Gasteiger partial charge in [0.2, 0.25) is 5.91 Å². The van der Waals surface area contributed by atoms with Gasteiger partial charge in [0, 0.05) is 52.3 Å². The summed E-state index contributed by atoms with van der Waals surface area (Å²) in [7, 11) is 3.85. The first-order valence-corrected chi connectivity index (χ1v) is 12.5. The molecule has 1 aliphatic rings. The smallest absolute Gasteiger partial charge is 0.255 e. The van der Waals surface area contributed by atoms with E-state index in [9.17, 15) is 14.4 Å². The van der Waals surface area contributed by atoms with Gasteiger partial charge in [0.25, 0.3) is 11.5 Å². The van der Waals surface area contributed by atoms with Gasteiger partial charge in [-0.1, -0.05) is 23.2 Å². The summed E-state index contributed by atoms with van der Waals surface area (Å²) in [5.41, 5.74) is 2.71. The Labute approximate surface area is 219 Å². The number of benzene rings is 2. The zero-order chi connectivity index (χ0) is 26.0. The summed E-state index contributed by atoms with van der Waals surface area (Å²) in [4.78, 5) is 44.6. The number of fused-ring (bicyclic) bond motifs is 2. The average molecular weight is 530 g/mol. The predicted octanol–water partition coefficient (Wildman–Crippen LogP) is 3.68. The van der Waals surface area contributed by atoms with Gasteiger partial charge in [-0.2, -0.15) is 0 Å². The molecular weight excluding hydrogens is 501 g/mol. The zero-order valence-corrected chi connectivity index (χ0v) is 22.0. The first-order valence-electron chi connectivity index (χ1n) is 11.7. The minimum atomic E-state index is -0.282. The number of hydrogen-bond acceptors (Lipinski definition) is 5. The van der Waals surface area contributed by atoms with E-state index in [1.807, 2.05) is 32.0 Å². The molecule has 0 saturated heterocycles. The van der Waals surface area contributed by atoms with Gasteiger partial charge in [-0.15, -0.1) is 0 Å². The zero-order valence-electron chi connectivity index (χ0n) is 20.5. The van der Waals surface area contributed by atoms with Crippen molar-refractivity contribution in [2.24, 2.45) is 0 Å². The molecule has 0 bridgehead atoms. The number of carbonyl (C=O) groups is 2. The van der Waals surface area contributed by atoms with Crippen molar-refractivity contribution in [1.82, 2.24) is 20.1 Å². The highest BCUT2D eigenvalue weighted by Crippen LogP contribution is 2.37. The second kappa shape index (κ2) is 10.9. The van der Waals surface area contributed by atoms with Crippen LogP contribution in [0.2, 0.25) is 10.0 Å². The Morgan fingerprint density at radius 3 is 2.69 bits per heavy atom. The van der Waals surface area contributed by atoms with Gasteiger partial charge < -0.3 is 25.4 Å². The van der Waals surface area contributed by atoms with E-state index in [-0.39, 0.29) is 30.0 Å². The second-order valence-corrected chi connectivity index (χ2v) is 10.0. The maximum atomic E-state index is 13.1. The molecule has 0 radical (unpaired) electrons. The van der Waals surface area contributed by atoms with Crippen molar-refractivity contribution in [2.45, 2.75) is 19.4 Å². The molecule has 3 aromatic rings. The average Bonchev–Trinajstić information content (AvgIpc) is 2.82. The van der Waals surface area contributed by atoms with Crippen molar-refractivity contribution in [3.63, 3.8) is 0 Å². The number of aromatic nitrogens is 1. The van der Waals surface area contributed by atoms with Crippen LogP contribution in [0.15, 0.2) is 41.3 Å². The van der Waals surface area contributed by atoms with E-state index in [0.717, 1.165) is 11.1 Å². The van der Waals surface area contributed by atoms with Crippen LogP contribution in [-0.2, 0) is 11.2 Å². The van der Waals surface area contributed by atoms with Crippen LogP contribution in [0.25, 0.3) is 10.8 Å². The van der Waals surface area contributed by atoms with Gasteiger partial charge in [0.15, 0.2) is 0 Å². The van der Waals surface area contributed by atoms with Crippen molar-refractivity contribution >= 4 is 51.5 Å². The molecule has 190 valence electrons. The minimum Gasteiger partial charge on any atom is -0.376 e. The summed E-state index contributed by atoms with van der Waals surface area (Å²) in [6.07, 6.45) is 2.10. The van der Waals surface area contributed by atoms with Crippen LogP contribution in [0.1, 0.15) is 34.5 Å². The molecule has 1 aliphatic heterocycles. The van der Waals surface area contributed by atoms with E-state index in [1.54, 1.807) is 29.2 Å². The number of pyridine rings is 1. The van der Waals surface area contributed by atoms with Crippen LogP contribution in [0.3, 0.4) is 0 Å². The number of carbonyl (C=O) groups excluding carboxylic acids is 2. The van der Waals surface area contributed by atoms with Crippen molar-refractivity contribution in [1.29, 1.82) is 0 Å². The molecule has 8 nitrogen and oxygen atoms in total. The fourth-order valence-corrected chi connectivity index (χ4v) is 5.26. The molecule has 0 spiro atoms. The topological polar surface area (TPSA) is 97.5 Å². The number of amides is 2. The van der Waals surface area contributed by atoms with Crippen molar-refractivity contribution in [3.8, 4) is 0 Å². The fraction of sp³-hybridized carbons (Fsp3) is 0.346. The van der Waals surface area contributed by atoms with Crippen LogP contribution < -0.4 is 16.2 Å². The Kier molecular flexibility index (Phi) is 7.88. The number of nitrogens with zero attached hydrogens (tertiary/aromatic N) is 2. The first-order chi connectivity index (χ1) is 17.2. The van der Waals surface area contributed by atoms with E-state index in [2.05, 4.69) is 15.6 Å². The third kappa shape index (κ3) is 5.51. The SMILES string of the molecule is CC1c2c(Cl)cc(Cl)cc2CCN1C(=O)CNc1ccc2c(=O)[nH]cc(C(=O)NCCN(C)C)c2c1. The van der Waals surface area contributed by atoms with Gasteiger partial charge in [0.05, 0.1) is 18.2 Å². The Balaban J connectivity index is 1.50. The molecule has 0 fully saturated rings. The summed E-state index contributed by atoms with van der Waals surface area (Å²) < 4.78 is 0. The lowest BCUT2D eigenvalue weighted by molar-refractivity contribution is -0.131. The minimum absolute atomic E-state index is 0.0595. The molecule has 2 amide bonds. The number of H-pyrrole nitrogens is 1. The molecule has 1 unspecified atom stereocenters. The molecule has 1 aromatic heterocycles. The number of anilines is 1. The molecule has 36 heavy (non-hydrogen) atoms. The van der Waals surface area contributed by atoms with E-state index >= 15 is 0 Å². The van der Waals surface area contributed by atoms with Gasteiger partial charge in [0.1, 0.15) is 0 Å². The van der Waals surface area contributed by atoms with E-state index in [0.29, 0.717) is 58.1 Å². The lowest BCUT2D eigenvalue weighted by Crippen LogP contribution is -2.41. The highest BCUT2D eigenvalue weighted by molar-refractivity contribution is 6.35. The van der Waals surface area contributed by atoms with Gasteiger partial charge in [-0.3, -0.25) is 14.4 Å². The summed E-state index contributed by atoms with van der Waals surface area (Å²) in [5.74, 6) is -0.351. The van der Waals surface area contributed by atoms with Crippen molar-refractivity contribution in [3.05, 3.63) is 73.6 Å². The van der Waals surface area contributed by atoms with Crippen LogP contribution >= 0.6 is 23.2 Å². The summed E-state index contributed by atoms with van der Waals surface area (Å²) in [6.45, 7) is 3.75. The Morgan fingerprint density at radius 1 is 1.17 bits per heavy atom. The van der Waals surface area contributed by atoms with Gasteiger partial charge >= 0.3 is 0 Å². The number of hydrogen-bond donors (Lipinski definition) is 3. The maximum Gasteiger partial charge on any atom is 0.255 e. The first kappa shape index (κ1) is 26.0. The number of halogens is 2. The lowest BCUT2D eigenvalue weighted by atomic mass is 9.93. The molecular formula is C26H29Cl2N5O3. The molecule has 2 heterocycles. The number of aromatic amines is 1. The van der Waals surface area contributed by atoms with Gasteiger partial charge in [-0.25, -0.2) is 0 Å². The molecule has 4 rings (SSSR count). The Bertz CT molecular complexity index is 1370. The Hall–Kier alpha value is -3.07. The molecule has 3 N–H and O–H groups in total. The molecule has 2 aromatic carbocycles. The van der Waals surface area contributed by atoms with E-state index in [4.69, 9.17) is 23.2 Å². The maximum absolute atomic E-state index is 13.1. The van der Waals surface area contributed by atoms with E-state index < -0.39 is 0 Å². The molecule has 10 heteroatoms.